The van der Waals surface area contributed by atoms with Crippen LogP contribution >= 0.6 is 11.3 Å². The van der Waals surface area contributed by atoms with E-state index in [2.05, 4.69) is 181 Å². The Morgan fingerprint density at radius 2 is 1.02 bits per heavy atom. The topological polar surface area (TPSA) is 16.4 Å². The number of hydrogen-bond donors (Lipinski definition) is 0. The molecule has 9 aromatic carbocycles. The molecule has 0 bridgehead atoms. The van der Waals surface area contributed by atoms with E-state index in [4.69, 9.17) is 4.42 Å². The molecule has 0 N–H and O–H groups in total. The Hall–Kier alpha value is -6.68. The SMILES string of the molecule is c1ccc(-c2ccc3sc4c(N(c5ccc(-c6ccc7c(ccc8ccccc87)c6)cc5)c5ccc6oc7ccccc7c6c5)cccc4c3c2)cc1. The van der Waals surface area contributed by atoms with E-state index < -0.39 is 0 Å². The summed E-state index contributed by atoms with van der Waals surface area (Å²) in [5.74, 6) is 0. The largest absolute Gasteiger partial charge is 0.456 e. The average Bonchev–Trinajstić information content (AvgIpc) is 3.79. The molecule has 11 aromatic rings. The molecule has 2 heterocycles. The predicted octanol–water partition coefficient (Wildman–Crippen LogP) is 15.1. The molecule has 0 aliphatic heterocycles. The zero-order chi connectivity index (χ0) is 34.9. The summed E-state index contributed by atoms with van der Waals surface area (Å²) < 4.78 is 8.80. The van der Waals surface area contributed by atoms with Crippen LogP contribution in [0.15, 0.2) is 192 Å². The minimum Gasteiger partial charge on any atom is -0.456 e. The molecule has 3 heteroatoms. The van der Waals surface area contributed by atoms with Gasteiger partial charge in [-0.15, -0.1) is 11.3 Å². The van der Waals surface area contributed by atoms with Gasteiger partial charge in [0.2, 0.25) is 0 Å². The van der Waals surface area contributed by atoms with Gasteiger partial charge in [0, 0.05) is 37.6 Å². The van der Waals surface area contributed by atoms with Crippen molar-refractivity contribution in [1.29, 1.82) is 0 Å². The van der Waals surface area contributed by atoms with Crippen molar-refractivity contribution in [1.82, 2.24) is 0 Å². The molecule has 0 atom stereocenters. The van der Waals surface area contributed by atoms with Crippen LogP contribution in [0.25, 0.3) is 85.9 Å². The Kier molecular flexibility index (Phi) is 6.76. The third-order valence-corrected chi connectivity index (χ3v) is 11.9. The van der Waals surface area contributed by atoms with E-state index in [1.807, 2.05) is 23.5 Å². The fraction of sp³-hybridized carbons (Fsp3) is 0. The van der Waals surface area contributed by atoms with Gasteiger partial charge in [-0.2, -0.15) is 0 Å². The number of hydrogen-bond acceptors (Lipinski definition) is 3. The number of fused-ring (bicyclic) bond motifs is 9. The maximum Gasteiger partial charge on any atom is 0.135 e. The second-order valence-electron chi connectivity index (χ2n) is 13.7. The van der Waals surface area contributed by atoms with E-state index >= 15 is 0 Å². The van der Waals surface area contributed by atoms with Crippen molar-refractivity contribution >= 4 is 92.1 Å². The second kappa shape index (κ2) is 11.9. The minimum absolute atomic E-state index is 0.892. The fourth-order valence-corrected chi connectivity index (χ4v) is 9.23. The summed E-state index contributed by atoms with van der Waals surface area (Å²) in [5, 5.41) is 9.87. The van der Waals surface area contributed by atoms with E-state index in [9.17, 15) is 0 Å². The first-order valence-corrected chi connectivity index (χ1v) is 18.8. The van der Waals surface area contributed by atoms with Crippen LogP contribution in [0.1, 0.15) is 0 Å². The Balaban J connectivity index is 1.07. The number of benzene rings is 9. The Morgan fingerprint density at radius 3 is 1.92 bits per heavy atom. The average molecular weight is 694 g/mol. The first-order valence-electron chi connectivity index (χ1n) is 18.0. The summed E-state index contributed by atoms with van der Waals surface area (Å²) in [4.78, 5) is 2.41. The Labute approximate surface area is 310 Å². The van der Waals surface area contributed by atoms with Gasteiger partial charge in [0.1, 0.15) is 11.2 Å². The zero-order valence-electron chi connectivity index (χ0n) is 28.7. The summed E-state index contributed by atoms with van der Waals surface area (Å²) >= 11 is 1.86. The standard InChI is InChI=1S/C50H31NOS/c1-2-9-32(10-3-1)36-22-28-49-45(30-36)43-14-8-15-46(50(43)53-49)51(39-25-27-48-44(31-39)42-13-6-7-16-47(42)52-48)38-23-19-33(20-24-38)35-21-26-41-37(29-35)18-17-34-11-4-5-12-40(34)41/h1-31H. The monoisotopic (exact) mass is 693 g/mol. The zero-order valence-corrected chi connectivity index (χ0v) is 29.5. The van der Waals surface area contributed by atoms with Crippen LogP contribution < -0.4 is 4.90 Å². The van der Waals surface area contributed by atoms with E-state index in [1.165, 1.54) is 64.0 Å². The summed E-state index contributed by atoms with van der Waals surface area (Å²) in [7, 11) is 0. The molecule has 248 valence electrons. The number of anilines is 3. The molecule has 2 nitrogen and oxygen atoms in total. The van der Waals surface area contributed by atoms with Crippen molar-refractivity contribution in [3.63, 3.8) is 0 Å². The number of para-hydroxylation sites is 1. The maximum atomic E-state index is 6.26. The van der Waals surface area contributed by atoms with Crippen molar-refractivity contribution in [2.75, 3.05) is 4.90 Å². The lowest BCUT2D eigenvalue weighted by molar-refractivity contribution is 0.669. The lowest BCUT2D eigenvalue weighted by Crippen LogP contribution is -2.10. The van der Waals surface area contributed by atoms with Gasteiger partial charge >= 0.3 is 0 Å². The van der Waals surface area contributed by atoms with E-state index in [0.717, 1.165) is 39.0 Å². The van der Waals surface area contributed by atoms with Gasteiger partial charge < -0.3 is 9.32 Å². The van der Waals surface area contributed by atoms with Crippen LogP contribution in [-0.2, 0) is 0 Å². The van der Waals surface area contributed by atoms with Crippen molar-refractivity contribution < 1.29 is 4.42 Å². The van der Waals surface area contributed by atoms with Crippen molar-refractivity contribution in [2.24, 2.45) is 0 Å². The van der Waals surface area contributed by atoms with Gasteiger partial charge in [-0.1, -0.05) is 127 Å². The van der Waals surface area contributed by atoms with Crippen LogP contribution in [-0.4, -0.2) is 0 Å². The van der Waals surface area contributed by atoms with E-state index in [1.54, 1.807) is 0 Å². The number of nitrogens with zero attached hydrogens (tertiary/aromatic N) is 1. The lowest BCUT2D eigenvalue weighted by Gasteiger charge is -2.26. The van der Waals surface area contributed by atoms with Crippen LogP contribution in [0.4, 0.5) is 17.1 Å². The quantitative estimate of drug-likeness (QED) is 0.167. The Morgan fingerprint density at radius 1 is 0.358 bits per heavy atom. The summed E-state index contributed by atoms with van der Waals surface area (Å²) in [6.45, 7) is 0. The summed E-state index contributed by atoms with van der Waals surface area (Å²) in [6.07, 6.45) is 0. The molecule has 2 aromatic heterocycles. The van der Waals surface area contributed by atoms with Crippen LogP contribution in [0.2, 0.25) is 0 Å². The number of furan rings is 1. The first-order chi connectivity index (χ1) is 26.2. The number of rotatable bonds is 5. The molecule has 0 saturated heterocycles. The van der Waals surface area contributed by atoms with Crippen molar-refractivity contribution in [3.05, 3.63) is 188 Å². The molecule has 11 rings (SSSR count). The van der Waals surface area contributed by atoms with Crippen LogP contribution in [0.3, 0.4) is 0 Å². The molecular formula is C50H31NOS. The lowest BCUT2D eigenvalue weighted by atomic mass is 9.97. The van der Waals surface area contributed by atoms with Gasteiger partial charge in [0.15, 0.2) is 0 Å². The van der Waals surface area contributed by atoms with Gasteiger partial charge in [0.25, 0.3) is 0 Å². The van der Waals surface area contributed by atoms with Crippen LogP contribution in [0.5, 0.6) is 0 Å². The summed E-state index contributed by atoms with van der Waals surface area (Å²) in [6, 6.07) is 68.1. The maximum absolute atomic E-state index is 6.26. The molecule has 0 aliphatic rings. The molecule has 0 amide bonds. The Bertz CT molecular complexity index is 3170. The fourth-order valence-electron chi connectivity index (χ4n) is 8.05. The molecule has 0 unspecified atom stereocenters. The second-order valence-corrected chi connectivity index (χ2v) is 14.8. The molecule has 0 aliphatic carbocycles. The molecular weight excluding hydrogens is 663 g/mol. The molecule has 53 heavy (non-hydrogen) atoms. The first kappa shape index (κ1) is 30.0. The van der Waals surface area contributed by atoms with Gasteiger partial charge in [-0.3, -0.25) is 0 Å². The molecule has 0 radical (unpaired) electrons. The van der Waals surface area contributed by atoms with Gasteiger partial charge in [0.05, 0.1) is 10.4 Å². The van der Waals surface area contributed by atoms with Gasteiger partial charge in [-0.05, 0) is 104 Å². The highest BCUT2D eigenvalue weighted by molar-refractivity contribution is 7.26. The molecule has 0 saturated carbocycles. The summed E-state index contributed by atoms with van der Waals surface area (Å²) in [5.41, 5.74) is 9.99. The van der Waals surface area contributed by atoms with E-state index in [-0.39, 0.29) is 0 Å². The molecule has 0 fully saturated rings. The van der Waals surface area contributed by atoms with Crippen molar-refractivity contribution in [2.45, 2.75) is 0 Å². The third-order valence-electron chi connectivity index (χ3n) is 10.6. The normalized spacial score (nSPS) is 11.8. The van der Waals surface area contributed by atoms with Gasteiger partial charge in [-0.25, -0.2) is 0 Å². The smallest absolute Gasteiger partial charge is 0.135 e. The highest BCUT2D eigenvalue weighted by atomic mass is 32.1. The van der Waals surface area contributed by atoms with Crippen molar-refractivity contribution in [3.8, 4) is 22.3 Å². The minimum atomic E-state index is 0.892. The molecule has 0 spiro atoms. The van der Waals surface area contributed by atoms with E-state index in [0.29, 0.717) is 0 Å². The third kappa shape index (κ3) is 4.93. The number of thiophene rings is 1. The highest BCUT2D eigenvalue weighted by Crippen LogP contribution is 2.46. The highest BCUT2D eigenvalue weighted by Gasteiger charge is 2.20. The predicted molar refractivity (Wildman–Crippen MR) is 227 cm³/mol. The van der Waals surface area contributed by atoms with Crippen LogP contribution in [0, 0.1) is 0 Å².